The van der Waals surface area contributed by atoms with Crippen molar-refractivity contribution >= 4 is 21.2 Å². The molecule has 168 valence electrons. The maximum absolute atomic E-state index is 12.8. The smallest absolute Gasteiger partial charge is 0.310 e. The van der Waals surface area contributed by atoms with Gasteiger partial charge in [-0.05, 0) is 54.3 Å². The normalized spacial score (nSPS) is 12.8. The maximum Gasteiger partial charge on any atom is 0.416 e. The Balaban J connectivity index is 0.000000614. The minimum Gasteiger partial charge on any atom is -0.310 e. The van der Waals surface area contributed by atoms with Gasteiger partial charge < -0.3 is 5.32 Å². The molecule has 0 radical (unpaired) electrons. The molecule has 3 rings (SSSR count). The van der Waals surface area contributed by atoms with Crippen LogP contribution in [0.25, 0.3) is 10.8 Å². The van der Waals surface area contributed by atoms with E-state index in [4.69, 9.17) is 17.5 Å². The van der Waals surface area contributed by atoms with Crippen LogP contribution in [0.2, 0.25) is 0 Å². The van der Waals surface area contributed by atoms with Crippen molar-refractivity contribution in [3.05, 3.63) is 83.4 Å². The second-order valence-corrected chi connectivity index (χ2v) is 7.89. The third-order valence-electron chi connectivity index (χ3n) is 4.64. The van der Waals surface area contributed by atoms with Crippen molar-refractivity contribution in [2.24, 2.45) is 0 Å². The van der Waals surface area contributed by atoms with Crippen molar-refractivity contribution in [1.82, 2.24) is 5.32 Å². The van der Waals surface area contributed by atoms with Gasteiger partial charge in [0.15, 0.2) is 0 Å². The number of halogens is 3. The van der Waals surface area contributed by atoms with Crippen molar-refractivity contribution in [2.75, 3.05) is 6.54 Å². The number of rotatable bonds is 6. The van der Waals surface area contributed by atoms with Gasteiger partial charge in [-0.25, -0.2) is 0 Å². The molecule has 0 heterocycles. The molecule has 3 aromatic carbocycles. The van der Waals surface area contributed by atoms with Gasteiger partial charge >= 0.3 is 16.6 Å². The third-order valence-corrected chi connectivity index (χ3v) is 4.64. The van der Waals surface area contributed by atoms with E-state index in [-0.39, 0.29) is 6.04 Å². The van der Waals surface area contributed by atoms with Crippen LogP contribution in [0.1, 0.15) is 36.1 Å². The fraction of sp³-hybridized carbons (Fsp3) is 0.273. The van der Waals surface area contributed by atoms with Crippen LogP contribution in [0.3, 0.4) is 0 Å². The highest BCUT2D eigenvalue weighted by molar-refractivity contribution is 7.79. The van der Waals surface area contributed by atoms with Crippen molar-refractivity contribution in [2.45, 2.75) is 32.0 Å². The first kappa shape index (κ1) is 24.8. The Hall–Kier alpha value is -2.46. The van der Waals surface area contributed by atoms with E-state index in [0.29, 0.717) is 6.42 Å². The largest absolute Gasteiger partial charge is 0.416 e. The molecular weight excluding hydrogens is 431 g/mol. The topological polar surface area (TPSA) is 86.6 Å². The van der Waals surface area contributed by atoms with Gasteiger partial charge in [0.05, 0.1) is 5.56 Å². The quantitative estimate of drug-likeness (QED) is 0.338. The summed E-state index contributed by atoms with van der Waals surface area (Å²) in [5.74, 6) is 0. The second kappa shape index (κ2) is 10.7. The lowest BCUT2D eigenvalue weighted by Gasteiger charge is -2.17. The number of fused-ring (bicyclic) bond motifs is 1. The Bertz CT molecular complexity index is 1090. The average molecular weight is 455 g/mol. The molecular formula is C22H24F3NO4S. The Labute approximate surface area is 179 Å². The van der Waals surface area contributed by atoms with E-state index < -0.39 is 22.1 Å². The molecule has 3 aromatic rings. The molecule has 0 fully saturated rings. The molecule has 0 saturated heterocycles. The number of alkyl halides is 3. The minimum absolute atomic E-state index is 0.183. The highest BCUT2D eigenvalue weighted by Gasteiger charge is 2.30. The predicted octanol–water partition coefficient (Wildman–Crippen LogP) is 5.49. The van der Waals surface area contributed by atoms with E-state index >= 15 is 0 Å². The lowest BCUT2D eigenvalue weighted by molar-refractivity contribution is -0.137. The molecule has 0 bridgehead atoms. The highest BCUT2D eigenvalue weighted by atomic mass is 32.3. The van der Waals surface area contributed by atoms with Crippen LogP contribution in [0.5, 0.6) is 0 Å². The first-order valence-corrected chi connectivity index (χ1v) is 10.9. The summed E-state index contributed by atoms with van der Waals surface area (Å²) in [5, 5.41) is 5.92. The second-order valence-electron chi connectivity index (χ2n) is 6.99. The Morgan fingerprint density at radius 1 is 0.968 bits per heavy atom. The standard InChI is InChI=1S/C22H22F3N.H2O4S/c1-16(20-13-5-10-18-9-2-3-12-21(18)20)26-14-6-8-17-7-4-11-19(15-17)22(23,24)25;1-5(2,3)4/h2-5,7,9-13,15-16,26H,6,8,14H2,1H3;(H2,1,2,3,4)/t16-;/m1./s1. The van der Waals surface area contributed by atoms with E-state index in [1.54, 1.807) is 6.07 Å². The minimum atomic E-state index is -4.67. The first-order chi connectivity index (χ1) is 14.4. The molecule has 0 unspecified atom stereocenters. The number of hydrogen-bond acceptors (Lipinski definition) is 3. The van der Waals surface area contributed by atoms with Crippen molar-refractivity contribution < 1.29 is 30.7 Å². The van der Waals surface area contributed by atoms with Gasteiger partial charge in [-0.3, -0.25) is 9.11 Å². The summed E-state index contributed by atoms with van der Waals surface area (Å²) in [6.07, 6.45) is -2.87. The average Bonchev–Trinajstić information content (AvgIpc) is 2.69. The third kappa shape index (κ3) is 8.66. The Morgan fingerprint density at radius 3 is 2.26 bits per heavy atom. The summed E-state index contributed by atoms with van der Waals surface area (Å²) in [7, 11) is -4.67. The molecule has 0 amide bonds. The summed E-state index contributed by atoms with van der Waals surface area (Å²) < 4.78 is 69.9. The van der Waals surface area contributed by atoms with Gasteiger partial charge in [-0.15, -0.1) is 0 Å². The van der Waals surface area contributed by atoms with E-state index in [0.717, 1.165) is 24.6 Å². The molecule has 0 aromatic heterocycles. The van der Waals surface area contributed by atoms with E-state index in [1.807, 2.05) is 12.1 Å². The number of hydrogen-bond donors (Lipinski definition) is 3. The van der Waals surface area contributed by atoms with Crippen LogP contribution in [0, 0.1) is 0 Å². The maximum atomic E-state index is 12.8. The molecule has 3 N–H and O–H groups in total. The molecule has 0 aliphatic carbocycles. The van der Waals surface area contributed by atoms with E-state index in [9.17, 15) is 13.2 Å². The molecule has 5 nitrogen and oxygen atoms in total. The van der Waals surface area contributed by atoms with Crippen molar-refractivity contribution in [3.8, 4) is 0 Å². The molecule has 1 atom stereocenters. The molecule has 31 heavy (non-hydrogen) atoms. The molecule has 0 spiro atoms. The van der Waals surface area contributed by atoms with Crippen molar-refractivity contribution in [3.63, 3.8) is 0 Å². The zero-order valence-corrected chi connectivity index (χ0v) is 17.6. The van der Waals surface area contributed by atoms with Crippen LogP contribution >= 0.6 is 0 Å². The molecule has 0 aliphatic rings. The van der Waals surface area contributed by atoms with Crippen molar-refractivity contribution in [1.29, 1.82) is 0 Å². The first-order valence-electron chi connectivity index (χ1n) is 9.52. The van der Waals surface area contributed by atoms with Crippen LogP contribution in [-0.4, -0.2) is 24.1 Å². The summed E-state index contributed by atoms with van der Waals surface area (Å²) in [4.78, 5) is 0. The number of aryl methyl sites for hydroxylation is 1. The summed E-state index contributed by atoms with van der Waals surface area (Å²) in [6, 6.07) is 20.3. The fourth-order valence-electron chi connectivity index (χ4n) is 3.25. The predicted molar refractivity (Wildman–Crippen MR) is 114 cm³/mol. The number of nitrogens with one attached hydrogen (secondary N) is 1. The molecule has 0 saturated carbocycles. The van der Waals surface area contributed by atoms with Gasteiger partial charge in [0.2, 0.25) is 0 Å². The van der Waals surface area contributed by atoms with Gasteiger partial charge in [0.25, 0.3) is 0 Å². The lowest BCUT2D eigenvalue weighted by Crippen LogP contribution is -2.20. The zero-order valence-electron chi connectivity index (χ0n) is 16.8. The highest BCUT2D eigenvalue weighted by Crippen LogP contribution is 2.29. The zero-order chi connectivity index (χ0) is 23.1. The summed E-state index contributed by atoms with van der Waals surface area (Å²) >= 11 is 0. The van der Waals surface area contributed by atoms with Crippen LogP contribution in [0.15, 0.2) is 66.7 Å². The fourth-order valence-corrected chi connectivity index (χ4v) is 3.25. The van der Waals surface area contributed by atoms with Crippen LogP contribution < -0.4 is 5.32 Å². The van der Waals surface area contributed by atoms with Gasteiger partial charge in [0, 0.05) is 6.04 Å². The van der Waals surface area contributed by atoms with E-state index in [1.165, 1.54) is 28.5 Å². The monoisotopic (exact) mass is 455 g/mol. The van der Waals surface area contributed by atoms with Gasteiger partial charge in [-0.2, -0.15) is 21.6 Å². The summed E-state index contributed by atoms with van der Waals surface area (Å²) in [5.41, 5.74) is 1.38. The Kier molecular flexibility index (Phi) is 8.58. The molecule has 9 heteroatoms. The molecule has 0 aliphatic heterocycles. The number of benzene rings is 3. The van der Waals surface area contributed by atoms with Crippen LogP contribution in [0.4, 0.5) is 13.2 Å². The summed E-state index contributed by atoms with van der Waals surface area (Å²) in [6.45, 7) is 2.87. The lowest BCUT2D eigenvalue weighted by atomic mass is 9.99. The SMILES string of the molecule is C[C@@H](NCCCc1cccc(C(F)(F)F)c1)c1cccc2ccccc12.O=S(=O)(O)O. The van der Waals surface area contributed by atoms with Gasteiger partial charge in [-0.1, -0.05) is 60.7 Å². The van der Waals surface area contributed by atoms with E-state index in [2.05, 4.69) is 42.6 Å². The van der Waals surface area contributed by atoms with Gasteiger partial charge in [0.1, 0.15) is 0 Å². The Morgan fingerprint density at radius 2 is 1.58 bits per heavy atom. The van der Waals surface area contributed by atoms with Crippen LogP contribution in [-0.2, 0) is 23.0 Å².